The predicted octanol–water partition coefficient (Wildman–Crippen LogP) is 3.56. The van der Waals surface area contributed by atoms with Crippen LogP contribution in [0.4, 0.5) is 4.39 Å². The van der Waals surface area contributed by atoms with Gasteiger partial charge in [-0.2, -0.15) is 0 Å². The topological polar surface area (TPSA) is 34.4 Å². The fourth-order valence-electron chi connectivity index (χ4n) is 2.09. The predicted molar refractivity (Wildman–Crippen MR) is 74.0 cm³/mol. The second-order valence-corrected chi connectivity index (χ2v) is 5.20. The minimum absolute atomic E-state index is 0.299. The Bertz CT molecular complexity index is 590. The van der Waals surface area contributed by atoms with Crippen molar-refractivity contribution in [1.82, 2.24) is 5.32 Å². The van der Waals surface area contributed by atoms with E-state index in [4.69, 9.17) is 9.15 Å². The zero-order chi connectivity index (χ0) is 13.9. The number of nitrogens with one attached hydrogen (secondary N) is 1. The molecule has 1 saturated carbocycles. The van der Waals surface area contributed by atoms with Crippen molar-refractivity contribution < 1.29 is 13.5 Å². The van der Waals surface area contributed by atoms with E-state index < -0.39 is 0 Å². The van der Waals surface area contributed by atoms with Gasteiger partial charge in [-0.05, 0) is 38.0 Å². The summed E-state index contributed by atoms with van der Waals surface area (Å²) in [6.07, 6.45) is 2.54. The molecule has 2 aromatic rings. The number of halogens is 1. The number of benzene rings is 1. The van der Waals surface area contributed by atoms with Crippen LogP contribution in [0.15, 0.2) is 34.7 Å². The zero-order valence-electron chi connectivity index (χ0n) is 11.5. The number of aryl methyl sites for hydroxylation is 1. The molecule has 106 valence electrons. The van der Waals surface area contributed by atoms with Crippen LogP contribution in [0.25, 0.3) is 0 Å². The molecule has 20 heavy (non-hydrogen) atoms. The summed E-state index contributed by atoms with van der Waals surface area (Å²) in [5.74, 6) is 1.89. The van der Waals surface area contributed by atoms with Gasteiger partial charge in [-0.1, -0.05) is 6.07 Å². The maximum absolute atomic E-state index is 13.0. The fraction of sp³-hybridized carbons (Fsp3) is 0.375. The van der Waals surface area contributed by atoms with Crippen molar-refractivity contribution in [3.05, 3.63) is 53.2 Å². The van der Waals surface area contributed by atoms with Crippen LogP contribution in [0.1, 0.15) is 29.9 Å². The van der Waals surface area contributed by atoms with Crippen LogP contribution in [0.5, 0.6) is 5.75 Å². The van der Waals surface area contributed by atoms with E-state index in [1.807, 2.05) is 13.0 Å². The number of hydrogen-bond acceptors (Lipinski definition) is 3. The lowest BCUT2D eigenvalue weighted by atomic mass is 10.2. The molecule has 4 heteroatoms. The molecular formula is C16H18FNO2. The summed E-state index contributed by atoms with van der Waals surface area (Å²) in [6, 6.07) is 8.80. The van der Waals surface area contributed by atoms with Gasteiger partial charge in [0.25, 0.3) is 0 Å². The quantitative estimate of drug-likeness (QED) is 0.875. The van der Waals surface area contributed by atoms with E-state index >= 15 is 0 Å². The highest BCUT2D eigenvalue weighted by atomic mass is 19.1. The Morgan fingerprint density at radius 1 is 1.35 bits per heavy atom. The molecule has 0 atom stereocenters. The Balaban J connectivity index is 1.58. The second-order valence-electron chi connectivity index (χ2n) is 5.20. The molecule has 0 aliphatic heterocycles. The average molecular weight is 275 g/mol. The Morgan fingerprint density at radius 2 is 2.20 bits per heavy atom. The van der Waals surface area contributed by atoms with Gasteiger partial charge in [-0.25, -0.2) is 4.39 Å². The Kier molecular flexibility index (Phi) is 3.74. The molecule has 1 fully saturated rings. The lowest BCUT2D eigenvalue weighted by Crippen LogP contribution is -2.15. The summed E-state index contributed by atoms with van der Waals surface area (Å²) in [4.78, 5) is 0. The van der Waals surface area contributed by atoms with Crippen LogP contribution in [0, 0.1) is 12.7 Å². The highest BCUT2D eigenvalue weighted by molar-refractivity contribution is 5.24. The van der Waals surface area contributed by atoms with Gasteiger partial charge in [0.05, 0.1) is 0 Å². The third-order valence-electron chi connectivity index (χ3n) is 3.41. The third-order valence-corrected chi connectivity index (χ3v) is 3.41. The molecule has 1 aliphatic rings. The molecule has 0 amide bonds. The number of furan rings is 1. The van der Waals surface area contributed by atoms with E-state index in [9.17, 15) is 4.39 Å². The van der Waals surface area contributed by atoms with Crippen molar-refractivity contribution in [3.63, 3.8) is 0 Å². The first kappa shape index (κ1) is 13.2. The summed E-state index contributed by atoms with van der Waals surface area (Å²) in [7, 11) is 0. The number of rotatable bonds is 6. The van der Waals surface area contributed by atoms with Crippen LogP contribution in [-0.4, -0.2) is 6.04 Å². The van der Waals surface area contributed by atoms with E-state index in [0.29, 0.717) is 18.4 Å². The monoisotopic (exact) mass is 275 g/mol. The van der Waals surface area contributed by atoms with Gasteiger partial charge in [0.15, 0.2) is 0 Å². The normalized spacial score (nSPS) is 14.5. The van der Waals surface area contributed by atoms with E-state index in [-0.39, 0.29) is 5.82 Å². The molecule has 0 saturated heterocycles. The summed E-state index contributed by atoms with van der Waals surface area (Å²) in [5.41, 5.74) is 1.16. The number of ether oxygens (including phenoxy) is 1. The van der Waals surface area contributed by atoms with Gasteiger partial charge in [-0.15, -0.1) is 0 Å². The van der Waals surface area contributed by atoms with Crippen LogP contribution < -0.4 is 10.1 Å². The molecule has 1 aromatic carbocycles. The molecule has 1 N–H and O–H groups in total. The average Bonchev–Trinajstić information content (AvgIpc) is 3.18. The standard InChI is InChI=1S/C16H18FNO2/c1-11-12(9-18-14-5-6-14)7-16(20-11)10-19-15-4-2-3-13(17)8-15/h2-4,7-8,14,18H,5-6,9-10H2,1H3. The Hall–Kier alpha value is -1.81. The molecular weight excluding hydrogens is 257 g/mol. The van der Waals surface area contributed by atoms with Gasteiger partial charge in [0.1, 0.15) is 29.7 Å². The zero-order valence-corrected chi connectivity index (χ0v) is 11.5. The van der Waals surface area contributed by atoms with Crippen LogP contribution in [0.2, 0.25) is 0 Å². The lowest BCUT2D eigenvalue weighted by molar-refractivity contribution is 0.266. The first-order chi connectivity index (χ1) is 9.70. The maximum Gasteiger partial charge on any atom is 0.146 e. The molecule has 0 bridgehead atoms. The highest BCUT2D eigenvalue weighted by Crippen LogP contribution is 2.22. The molecule has 3 rings (SSSR count). The molecule has 1 aromatic heterocycles. The highest BCUT2D eigenvalue weighted by Gasteiger charge is 2.20. The number of hydrogen-bond donors (Lipinski definition) is 1. The summed E-state index contributed by atoms with van der Waals surface area (Å²) >= 11 is 0. The van der Waals surface area contributed by atoms with Crippen molar-refractivity contribution in [3.8, 4) is 5.75 Å². The Morgan fingerprint density at radius 3 is 2.95 bits per heavy atom. The largest absolute Gasteiger partial charge is 0.486 e. The molecule has 0 radical (unpaired) electrons. The molecule has 3 nitrogen and oxygen atoms in total. The minimum atomic E-state index is -0.299. The van der Waals surface area contributed by atoms with E-state index in [1.54, 1.807) is 12.1 Å². The molecule has 1 aliphatic carbocycles. The van der Waals surface area contributed by atoms with Crippen LogP contribution in [0.3, 0.4) is 0 Å². The SMILES string of the molecule is Cc1oc(COc2cccc(F)c2)cc1CNC1CC1. The lowest BCUT2D eigenvalue weighted by Gasteiger charge is -2.03. The van der Waals surface area contributed by atoms with Gasteiger partial charge < -0.3 is 14.5 Å². The molecule has 1 heterocycles. The Labute approximate surface area is 117 Å². The van der Waals surface area contributed by atoms with Crippen molar-refractivity contribution in [1.29, 1.82) is 0 Å². The van der Waals surface area contributed by atoms with E-state index in [1.165, 1.54) is 25.0 Å². The second kappa shape index (κ2) is 5.67. The van der Waals surface area contributed by atoms with E-state index in [0.717, 1.165) is 23.6 Å². The van der Waals surface area contributed by atoms with Crippen LogP contribution in [-0.2, 0) is 13.2 Å². The van der Waals surface area contributed by atoms with E-state index in [2.05, 4.69) is 5.32 Å². The first-order valence-corrected chi connectivity index (χ1v) is 6.90. The van der Waals surface area contributed by atoms with Gasteiger partial charge in [0, 0.05) is 24.2 Å². The fourth-order valence-corrected chi connectivity index (χ4v) is 2.09. The summed E-state index contributed by atoms with van der Waals surface area (Å²) in [6.45, 7) is 3.10. The van der Waals surface area contributed by atoms with Crippen molar-refractivity contribution in [2.24, 2.45) is 0 Å². The summed E-state index contributed by atoms with van der Waals surface area (Å²) in [5, 5.41) is 3.46. The molecule has 0 spiro atoms. The van der Waals surface area contributed by atoms with Gasteiger partial charge in [0.2, 0.25) is 0 Å². The van der Waals surface area contributed by atoms with Crippen LogP contribution >= 0.6 is 0 Å². The van der Waals surface area contributed by atoms with Crippen molar-refractivity contribution >= 4 is 0 Å². The first-order valence-electron chi connectivity index (χ1n) is 6.90. The van der Waals surface area contributed by atoms with Crippen molar-refractivity contribution in [2.45, 2.75) is 39.0 Å². The maximum atomic E-state index is 13.0. The minimum Gasteiger partial charge on any atom is -0.486 e. The smallest absolute Gasteiger partial charge is 0.146 e. The third kappa shape index (κ3) is 3.39. The van der Waals surface area contributed by atoms with Gasteiger partial charge in [-0.3, -0.25) is 0 Å². The van der Waals surface area contributed by atoms with Gasteiger partial charge >= 0.3 is 0 Å². The molecule has 0 unspecified atom stereocenters. The van der Waals surface area contributed by atoms with Crippen molar-refractivity contribution in [2.75, 3.05) is 0 Å². The summed E-state index contributed by atoms with van der Waals surface area (Å²) < 4.78 is 24.2.